The molecule has 0 bridgehead atoms. The van der Waals surface area contributed by atoms with Gasteiger partial charge >= 0.3 is 0 Å². The van der Waals surface area contributed by atoms with Crippen LogP contribution in [0.2, 0.25) is 0 Å². The predicted molar refractivity (Wildman–Crippen MR) is 134 cm³/mol. The highest BCUT2D eigenvalue weighted by Crippen LogP contribution is 2.35. The van der Waals surface area contributed by atoms with E-state index in [1.165, 1.54) is 6.33 Å². The Morgan fingerprint density at radius 1 is 1.09 bits per heavy atom. The van der Waals surface area contributed by atoms with Crippen LogP contribution in [0.3, 0.4) is 0 Å². The number of hydrogen-bond acceptors (Lipinski definition) is 6. The summed E-state index contributed by atoms with van der Waals surface area (Å²) in [4.78, 5) is 9.01. The second kappa shape index (κ2) is 9.74. The summed E-state index contributed by atoms with van der Waals surface area (Å²) in [5, 5.41) is 4.28. The highest BCUT2D eigenvalue weighted by Gasteiger charge is 2.25. The first-order valence-electron chi connectivity index (χ1n) is 10.5. The first kappa shape index (κ1) is 25.1. The molecule has 2 heterocycles. The molecule has 0 atom stereocenters. The van der Waals surface area contributed by atoms with Crippen molar-refractivity contribution in [3.05, 3.63) is 59.1 Å². The van der Waals surface area contributed by atoms with Gasteiger partial charge in [0.1, 0.15) is 18.5 Å². The number of halogens is 1. The fourth-order valence-corrected chi connectivity index (χ4v) is 4.17. The molecule has 2 aromatic heterocycles. The number of nitrogens with zero attached hydrogens (tertiary/aromatic N) is 5. The molecule has 0 aliphatic rings. The molecule has 176 valence electrons. The fraction of sp³-hybridized carbons (Fsp3) is 0.348. The van der Waals surface area contributed by atoms with Crippen LogP contribution in [0.4, 0.5) is 0 Å². The molecule has 8 nitrogen and oxygen atoms in total. The fourth-order valence-electron chi connectivity index (χ4n) is 3.47. The van der Waals surface area contributed by atoms with Crippen LogP contribution in [-0.2, 0) is 26.4 Å². The zero-order valence-corrected chi connectivity index (χ0v) is 22.0. The highest BCUT2D eigenvalue weighted by atomic mass is 79.9. The third kappa shape index (κ3) is 5.69. The Bertz CT molecular complexity index is 1360. The number of hydrogen-bond donors (Lipinski definition) is 0. The van der Waals surface area contributed by atoms with Crippen LogP contribution in [0.25, 0.3) is 28.1 Å². The van der Waals surface area contributed by atoms with E-state index < -0.39 is 10.1 Å². The molecule has 0 amide bonds. The third-order valence-corrected chi connectivity index (χ3v) is 5.73. The standard InChI is InChI=1S/C21H22BrN5O3S.C2H6/c1-21(2,3)27-19-8-6-15(22)10-17(19)25-20(27)16-9-14(11-30-31(4,28)29)5-7-18(16)26-13-23-12-24-26;1-2/h5-10,12-13H,11H2,1-4H3;1-2H3. The van der Waals surface area contributed by atoms with Crippen LogP contribution in [0.15, 0.2) is 53.5 Å². The van der Waals surface area contributed by atoms with Crippen molar-refractivity contribution in [2.45, 2.75) is 46.8 Å². The molecule has 33 heavy (non-hydrogen) atoms. The van der Waals surface area contributed by atoms with Gasteiger partial charge < -0.3 is 4.57 Å². The summed E-state index contributed by atoms with van der Waals surface area (Å²) >= 11 is 3.52. The highest BCUT2D eigenvalue weighted by molar-refractivity contribution is 9.10. The minimum atomic E-state index is -3.56. The van der Waals surface area contributed by atoms with Gasteiger partial charge in [-0.3, -0.25) is 4.18 Å². The van der Waals surface area contributed by atoms with Crippen LogP contribution < -0.4 is 0 Å². The summed E-state index contributed by atoms with van der Waals surface area (Å²) in [6.07, 6.45) is 4.12. The predicted octanol–water partition coefficient (Wildman–Crippen LogP) is 5.30. The van der Waals surface area contributed by atoms with E-state index in [4.69, 9.17) is 9.17 Å². The maximum absolute atomic E-state index is 11.5. The van der Waals surface area contributed by atoms with E-state index in [9.17, 15) is 8.42 Å². The minimum Gasteiger partial charge on any atom is -0.319 e. The average molecular weight is 534 g/mol. The van der Waals surface area contributed by atoms with Gasteiger partial charge in [0, 0.05) is 15.6 Å². The summed E-state index contributed by atoms with van der Waals surface area (Å²) in [5.74, 6) is 0.743. The van der Waals surface area contributed by atoms with E-state index in [1.807, 2.05) is 50.2 Å². The van der Waals surface area contributed by atoms with Gasteiger partial charge in [-0.05, 0) is 56.7 Å². The van der Waals surface area contributed by atoms with Crippen LogP contribution in [-0.4, -0.2) is 39.0 Å². The van der Waals surface area contributed by atoms with E-state index >= 15 is 0 Å². The van der Waals surface area contributed by atoms with E-state index in [0.717, 1.165) is 38.8 Å². The Labute approximate surface area is 202 Å². The quantitative estimate of drug-likeness (QED) is 0.323. The van der Waals surface area contributed by atoms with Crippen LogP contribution in [0.5, 0.6) is 0 Å². The smallest absolute Gasteiger partial charge is 0.264 e. The average Bonchev–Trinajstić information content (AvgIpc) is 3.40. The maximum Gasteiger partial charge on any atom is 0.264 e. The lowest BCUT2D eigenvalue weighted by molar-refractivity contribution is 0.312. The van der Waals surface area contributed by atoms with Crippen molar-refractivity contribution in [1.82, 2.24) is 24.3 Å². The van der Waals surface area contributed by atoms with Crippen molar-refractivity contribution in [3.8, 4) is 17.1 Å². The number of rotatable bonds is 5. The van der Waals surface area contributed by atoms with E-state index in [1.54, 1.807) is 11.0 Å². The van der Waals surface area contributed by atoms with Crippen molar-refractivity contribution in [1.29, 1.82) is 0 Å². The van der Waals surface area contributed by atoms with Gasteiger partial charge in [-0.2, -0.15) is 13.5 Å². The lowest BCUT2D eigenvalue weighted by atomic mass is 10.0. The van der Waals surface area contributed by atoms with Crippen LogP contribution >= 0.6 is 15.9 Å². The van der Waals surface area contributed by atoms with Crippen LogP contribution in [0.1, 0.15) is 40.2 Å². The van der Waals surface area contributed by atoms with Crippen molar-refractivity contribution in [3.63, 3.8) is 0 Å². The van der Waals surface area contributed by atoms with Gasteiger partial charge in [-0.15, -0.1) is 0 Å². The van der Waals surface area contributed by atoms with Gasteiger partial charge in [0.05, 0.1) is 29.6 Å². The van der Waals surface area contributed by atoms with Gasteiger partial charge in [-0.1, -0.05) is 35.8 Å². The Morgan fingerprint density at radius 3 is 2.42 bits per heavy atom. The van der Waals surface area contributed by atoms with E-state index in [2.05, 4.69) is 51.4 Å². The first-order valence-corrected chi connectivity index (χ1v) is 13.1. The molecule has 0 aliphatic heterocycles. The number of fused-ring (bicyclic) bond motifs is 1. The normalized spacial score (nSPS) is 12.0. The summed E-state index contributed by atoms with van der Waals surface area (Å²) in [7, 11) is -3.56. The minimum absolute atomic E-state index is 0.0647. The van der Waals surface area contributed by atoms with Gasteiger partial charge in [0.25, 0.3) is 10.1 Å². The summed E-state index contributed by atoms with van der Waals surface area (Å²) in [6.45, 7) is 10.3. The number of aromatic nitrogens is 5. The molecular weight excluding hydrogens is 506 g/mol. The Kier molecular flexibility index (Phi) is 7.40. The van der Waals surface area contributed by atoms with Crippen molar-refractivity contribution >= 4 is 37.1 Å². The topological polar surface area (TPSA) is 91.9 Å². The Hall–Kier alpha value is -2.56. The summed E-state index contributed by atoms with van der Waals surface area (Å²) in [6, 6.07) is 11.6. The largest absolute Gasteiger partial charge is 0.319 e. The molecule has 0 aliphatic carbocycles. The molecule has 0 N–H and O–H groups in total. The molecule has 0 saturated carbocycles. The molecule has 2 aromatic carbocycles. The second-order valence-electron chi connectivity index (χ2n) is 8.23. The van der Waals surface area contributed by atoms with Crippen molar-refractivity contribution < 1.29 is 12.6 Å². The second-order valence-corrected chi connectivity index (χ2v) is 10.8. The van der Waals surface area contributed by atoms with Crippen molar-refractivity contribution in [2.75, 3.05) is 6.26 Å². The van der Waals surface area contributed by atoms with Gasteiger partial charge in [0.2, 0.25) is 0 Å². The lowest BCUT2D eigenvalue weighted by Gasteiger charge is -2.25. The van der Waals surface area contributed by atoms with E-state index in [0.29, 0.717) is 5.56 Å². The van der Waals surface area contributed by atoms with Gasteiger partial charge in [-0.25, -0.2) is 14.6 Å². The van der Waals surface area contributed by atoms with E-state index in [-0.39, 0.29) is 12.1 Å². The molecule has 0 fully saturated rings. The molecule has 4 rings (SSSR count). The van der Waals surface area contributed by atoms with Crippen molar-refractivity contribution in [2.24, 2.45) is 0 Å². The maximum atomic E-state index is 11.5. The summed E-state index contributed by atoms with van der Waals surface area (Å²) in [5.41, 5.74) is 3.85. The van der Waals surface area contributed by atoms with Crippen LogP contribution in [0, 0.1) is 0 Å². The lowest BCUT2D eigenvalue weighted by Crippen LogP contribution is -2.23. The molecule has 4 aromatic rings. The zero-order valence-electron chi connectivity index (χ0n) is 19.6. The molecular formula is C23H28BrN5O3S. The molecule has 0 saturated heterocycles. The monoisotopic (exact) mass is 533 g/mol. The Morgan fingerprint density at radius 2 is 1.82 bits per heavy atom. The zero-order chi connectivity index (χ0) is 24.4. The molecule has 0 spiro atoms. The SMILES string of the molecule is CC.CC(C)(C)n1c(-c2cc(COS(C)(=O)=O)ccc2-n2cncn2)nc2cc(Br)ccc21. The summed E-state index contributed by atoms with van der Waals surface area (Å²) < 4.78 is 32.8. The molecule has 10 heteroatoms. The molecule has 0 unspecified atom stereocenters. The number of imidazole rings is 1. The number of benzene rings is 2. The third-order valence-electron chi connectivity index (χ3n) is 4.69. The Balaban J connectivity index is 0.00000149. The first-order chi connectivity index (χ1) is 15.5. The van der Waals surface area contributed by atoms with Gasteiger partial charge in [0.15, 0.2) is 0 Å². The molecule has 0 radical (unpaired) electrons.